The minimum atomic E-state index is 0.677. The van der Waals surface area contributed by atoms with E-state index in [9.17, 15) is 0 Å². The van der Waals surface area contributed by atoms with Crippen LogP contribution in [0.25, 0.3) is 99.2 Å². The van der Waals surface area contributed by atoms with Gasteiger partial charge in [-0.05, 0) is 62.6 Å². The van der Waals surface area contributed by atoms with Crippen LogP contribution in [0.3, 0.4) is 0 Å². The summed E-state index contributed by atoms with van der Waals surface area (Å²) in [6.07, 6.45) is 0. The molecule has 0 atom stereocenters. The third-order valence-electron chi connectivity index (χ3n) is 9.80. The van der Waals surface area contributed by atoms with Crippen LogP contribution in [0.15, 0.2) is 176 Å². The summed E-state index contributed by atoms with van der Waals surface area (Å²) in [5.74, 6) is 0.677. The van der Waals surface area contributed by atoms with Gasteiger partial charge in [0.05, 0.1) is 22.6 Å². The lowest BCUT2D eigenvalue weighted by molar-refractivity contribution is 1.18. The summed E-state index contributed by atoms with van der Waals surface area (Å²) in [6, 6.07) is 62.1. The Hall–Kier alpha value is -6.71. The lowest BCUT2D eigenvalue weighted by atomic mass is 9.94. The summed E-state index contributed by atoms with van der Waals surface area (Å²) in [5, 5.41) is 10.7. The molecule has 0 radical (unpaired) electrons. The van der Waals surface area contributed by atoms with Gasteiger partial charge in [0.2, 0.25) is 0 Å². The van der Waals surface area contributed by atoms with E-state index in [4.69, 9.17) is 15.0 Å². The molecule has 2 aromatic heterocycles. The molecule has 0 saturated heterocycles. The number of pyridine rings is 1. The average Bonchev–Trinajstić information content (AvgIpc) is 3.19. The van der Waals surface area contributed by atoms with Crippen LogP contribution in [0.4, 0.5) is 0 Å². The summed E-state index contributed by atoms with van der Waals surface area (Å²) in [5.41, 5.74) is 7.78. The third kappa shape index (κ3) is 4.79. The second-order valence-corrected chi connectivity index (χ2v) is 12.9. The van der Waals surface area contributed by atoms with Crippen molar-refractivity contribution in [3.05, 3.63) is 176 Å². The summed E-state index contributed by atoms with van der Waals surface area (Å²) in [6.45, 7) is 0. The van der Waals surface area contributed by atoms with Crippen molar-refractivity contribution in [3.8, 4) is 45.2 Å². The smallest absolute Gasteiger partial charge is 0.160 e. The largest absolute Gasteiger partial charge is 0.247 e. The lowest BCUT2D eigenvalue weighted by Crippen LogP contribution is -1.97. The first-order valence-electron chi connectivity index (χ1n) is 16.9. The van der Waals surface area contributed by atoms with E-state index in [2.05, 4.69) is 176 Å². The molecule has 0 aliphatic rings. The Bertz CT molecular complexity index is 2830. The Morgan fingerprint density at radius 2 is 0.860 bits per heavy atom. The number of hydrogen-bond acceptors (Lipinski definition) is 3. The lowest BCUT2D eigenvalue weighted by Gasteiger charge is -2.14. The van der Waals surface area contributed by atoms with Gasteiger partial charge in [-0.1, -0.05) is 146 Å². The molecule has 0 saturated carbocycles. The molecular formula is C47H29N3. The highest BCUT2D eigenvalue weighted by atomic mass is 14.9. The van der Waals surface area contributed by atoms with Crippen LogP contribution in [-0.2, 0) is 0 Å². The highest BCUT2D eigenvalue weighted by Gasteiger charge is 2.16. The van der Waals surface area contributed by atoms with Gasteiger partial charge in [0, 0.05) is 38.4 Å². The molecule has 232 valence electrons. The van der Waals surface area contributed by atoms with E-state index in [-0.39, 0.29) is 0 Å². The van der Waals surface area contributed by atoms with Crippen LogP contribution < -0.4 is 0 Å². The number of hydrogen-bond donors (Lipinski definition) is 0. The monoisotopic (exact) mass is 635 g/mol. The molecular weight excluding hydrogens is 607 g/mol. The average molecular weight is 636 g/mol. The van der Waals surface area contributed by atoms with Crippen molar-refractivity contribution in [2.24, 2.45) is 0 Å². The van der Waals surface area contributed by atoms with Crippen LogP contribution >= 0.6 is 0 Å². The number of fused-ring (bicyclic) bond motifs is 7. The van der Waals surface area contributed by atoms with Crippen molar-refractivity contribution >= 4 is 54.0 Å². The fraction of sp³-hybridized carbons (Fsp3) is 0. The van der Waals surface area contributed by atoms with Crippen LogP contribution in [0.1, 0.15) is 0 Å². The number of para-hydroxylation sites is 1. The summed E-state index contributed by atoms with van der Waals surface area (Å²) >= 11 is 0. The number of nitrogens with zero attached hydrogens (tertiary/aromatic N) is 3. The molecule has 0 amide bonds. The van der Waals surface area contributed by atoms with E-state index in [0.717, 1.165) is 55.6 Å². The van der Waals surface area contributed by atoms with E-state index in [0.29, 0.717) is 5.82 Å². The topological polar surface area (TPSA) is 38.7 Å². The Kier molecular flexibility index (Phi) is 6.49. The van der Waals surface area contributed by atoms with Crippen molar-refractivity contribution in [1.29, 1.82) is 0 Å². The minimum absolute atomic E-state index is 0.677. The molecule has 3 nitrogen and oxygen atoms in total. The Labute approximate surface area is 289 Å². The van der Waals surface area contributed by atoms with Gasteiger partial charge in [0.25, 0.3) is 0 Å². The van der Waals surface area contributed by atoms with Gasteiger partial charge in [-0.15, -0.1) is 0 Å². The standard InChI is InChI=1S/C47H29N3/c1-3-13-33-26-35(22-20-30(33)10-1)43-29-44(36-23-21-31-11-2-4-14-34(31)27-36)50-47(49-43)38-16-9-15-37(28-38)46-41-25-24-32-12-5-6-17-39(32)45(41)40-18-7-8-19-42(40)48-46/h1-29H. The molecule has 2 heterocycles. The molecule has 3 heteroatoms. The maximum atomic E-state index is 5.26. The molecule has 8 aromatic carbocycles. The van der Waals surface area contributed by atoms with E-state index < -0.39 is 0 Å². The SMILES string of the molecule is c1cc(-c2nc(-c3ccc4ccccc4c3)cc(-c3ccc4ccccc4c3)n2)cc(-c2nc3ccccc3c3c2ccc2ccccc23)c1. The minimum Gasteiger partial charge on any atom is -0.247 e. The Balaban J connectivity index is 1.18. The fourth-order valence-corrected chi connectivity index (χ4v) is 7.32. The van der Waals surface area contributed by atoms with Crippen LogP contribution in [0.2, 0.25) is 0 Å². The second kappa shape index (κ2) is 11.5. The van der Waals surface area contributed by atoms with E-state index in [1.165, 1.54) is 37.7 Å². The van der Waals surface area contributed by atoms with Gasteiger partial charge < -0.3 is 0 Å². The fourth-order valence-electron chi connectivity index (χ4n) is 7.32. The zero-order valence-electron chi connectivity index (χ0n) is 27.1. The van der Waals surface area contributed by atoms with Crippen LogP contribution in [0.5, 0.6) is 0 Å². The van der Waals surface area contributed by atoms with Crippen molar-refractivity contribution in [2.45, 2.75) is 0 Å². The number of rotatable bonds is 4. The normalized spacial score (nSPS) is 11.6. The van der Waals surface area contributed by atoms with Crippen molar-refractivity contribution in [2.75, 3.05) is 0 Å². The molecule has 0 fully saturated rings. The van der Waals surface area contributed by atoms with E-state index in [1.807, 2.05) is 0 Å². The third-order valence-corrected chi connectivity index (χ3v) is 9.80. The highest BCUT2D eigenvalue weighted by molar-refractivity contribution is 6.22. The number of aromatic nitrogens is 3. The quantitative estimate of drug-likeness (QED) is 0.181. The van der Waals surface area contributed by atoms with Crippen molar-refractivity contribution in [1.82, 2.24) is 15.0 Å². The second-order valence-electron chi connectivity index (χ2n) is 12.9. The first-order chi connectivity index (χ1) is 24.7. The van der Waals surface area contributed by atoms with Crippen molar-refractivity contribution in [3.63, 3.8) is 0 Å². The Morgan fingerprint density at radius 3 is 1.56 bits per heavy atom. The maximum absolute atomic E-state index is 5.26. The summed E-state index contributed by atoms with van der Waals surface area (Å²) in [4.78, 5) is 15.7. The van der Waals surface area contributed by atoms with Crippen LogP contribution in [-0.4, -0.2) is 15.0 Å². The van der Waals surface area contributed by atoms with Gasteiger partial charge in [-0.25, -0.2) is 15.0 Å². The van der Waals surface area contributed by atoms with Gasteiger partial charge in [-0.2, -0.15) is 0 Å². The van der Waals surface area contributed by atoms with Gasteiger partial charge in [-0.3, -0.25) is 0 Å². The summed E-state index contributed by atoms with van der Waals surface area (Å²) in [7, 11) is 0. The molecule has 0 spiro atoms. The van der Waals surface area contributed by atoms with E-state index >= 15 is 0 Å². The zero-order valence-corrected chi connectivity index (χ0v) is 27.1. The van der Waals surface area contributed by atoms with E-state index in [1.54, 1.807) is 0 Å². The molecule has 50 heavy (non-hydrogen) atoms. The zero-order chi connectivity index (χ0) is 33.0. The summed E-state index contributed by atoms with van der Waals surface area (Å²) < 4.78 is 0. The molecule has 0 bridgehead atoms. The number of benzene rings is 8. The molecule has 0 unspecified atom stereocenters. The molecule has 0 aliphatic heterocycles. The Morgan fingerprint density at radius 1 is 0.300 bits per heavy atom. The predicted octanol–water partition coefficient (Wildman–Crippen LogP) is 12.3. The first kappa shape index (κ1) is 28.3. The molecule has 0 aliphatic carbocycles. The molecule has 10 aromatic rings. The van der Waals surface area contributed by atoms with Gasteiger partial charge in [0.15, 0.2) is 5.82 Å². The van der Waals surface area contributed by atoms with Gasteiger partial charge >= 0.3 is 0 Å². The molecule has 0 N–H and O–H groups in total. The maximum Gasteiger partial charge on any atom is 0.160 e. The van der Waals surface area contributed by atoms with Crippen molar-refractivity contribution < 1.29 is 0 Å². The van der Waals surface area contributed by atoms with Gasteiger partial charge in [0.1, 0.15) is 0 Å². The van der Waals surface area contributed by atoms with Crippen LogP contribution in [0, 0.1) is 0 Å². The first-order valence-corrected chi connectivity index (χ1v) is 16.9. The predicted molar refractivity (Wildman–Crippen MR) is 209 cm³/mol. The molecule has 10 rings (SSSR count). The highest BCUT2D eigenvalue weighted by Crippen LogP contribution is 2.38.